The summed E-state index contributed by atoms with van der Waals surface area (Å²) in [5.74, 6) is 1.09. The number of thioether (sulfide) groups is 1. The van der Waals surface area contributed by atoms with Crippen molar-refractivity contribution in [2.24, 2.45) is 0 Å². The lowest BCUT2D eigenvalue weighted by molar-refractivity contribution is -0.113. The van der Waals surface area contributed by atoms with Gasteiger partial charge in [0.1, 0.15) is 11.6 Å². The van der Waals surface area contributed by atoms with E-state index in [0.29, 0.717) is 11.4 Å². The van der Waals surface area contributed by atoms with Crippen LogP contribution in [0.2, 0.25) is 5.02 Å². The number of anilines is 1. The average molecular weight is 300 g/mol. The number of amides is 1. The largest absolute Gasteiger partial charge is 0.468 e. The highest BCUT2D eigenvalue weighted by Gasteiger charge is 2.07. The maximum absolute atomic E-state index is 12.8. The van der Waals surface area contributed by atoms with Crippen LogP contribution in [0.25, 0.3) is 0 Å². The van der Waals surface area contributed by atoms with Crippen molar-refractivity contribution in [1.82, 2.24) is 0 Å². The van der Waals surface area contributed by atoms with E-state index in [1.807, 2.05) is 6.07 Å². The molecule has 100 valence electrons. The van der Waals surface area contributed by atoms with E-state index in [-0.39, 0.29) is 16.7 Å². The Morgan fingerprint density at radius 2 is 2.26 bits per heavy atom. The number of halogens is 2. The summed E-state index contributed by atoms with van der Waals surface area (Å²) in [5, 5.41) is 2.81. The first-order chi connectivity index (χ1) is 9.15. The Balaban J connectivity index is 1.80. The summed E-state index contributed by atoms with van der Waals surface area (Å²) in [5.41, 5.74) is 0.409. The third-order valence-electron chi connectivity index (χ3n) is 2.26. The van der Waals surface area contributed by atoms with E-state index in [9.17, 15) is 9.18 Å². The number of nitrogens with one attached hydrogen (secondary N) is 1. The zero-order valence-corrected chi connectivity index (χ0v) is 11.4. The summed E-state index contributed by atoms with van der Waals surface area (Å²) in [6.45, 7) is 0. The quantitative estimate of drug-likeness (QED) is 0.909. The molecule has 1 amide bonds. The molecule has 0 aliphatic rings. The molecule has 0 spiro atoms. The number of benzene rings is 1. The molecule has 1 aromatic carbocycles. The maximum atomic E-state index is 12.8. The minimum Gasteiger partial charge on any atom is -0.468 e. The van der Waals surface area contributed by atoms with Gasteiger partial charge < -0.3 is 9.73 Å². The molecule has 1 aromatic heterocycles. The van der Waals surface area contributed by atoms with Crippen molar-refractivity contribution in [1.29, 1.82) is 0 Å². The van der Waals surface area contributed by atoms with E-state index >= 15 is 0 Å². The third-order valence-corrected chi connectivity index (χ3v) is 3.53. The first-order valence-corrected chi connectivity index (χ1v) is 7.03. The number of carbonyl (C=O) groups is 1. The second-order valence-corrected chi connectivity index (χ2v) is 5.14. The number of rotatable bonds is 5. The molecule has 2 aromatic rings. The normalized spacial score (nSPS) is 10.4. The molecule has 0 radical (unpaired) electrons. The fraction of sp³-hybridized carbons (Fsp3) is 0.154. The zero-order valence-electron chi connectivity index (χ0n) is 9.86. The van der Waals surface area contributed by atoms with Crippen LogP contribution in [0.1, 0.15) is 5.76 Å². The van der Waals surface area contributed by atoms with Gasteiger partial charge in [-0.25, -0.2) is 4.39 Å². The topological polar surface area (TPSA) is 42.2 Å². The lowest BCUT2D eigenvalue weighted by Crippen LogP contribution is -2.14. The van der Waals surface area contributed by atoms with Crippen LogP contribution >= 0.6 is 23.4 Å². The summed E-state index contributed by atoms with van der Waals surface area (Å²) in [6.07, 6.45) is 1.59. The van der Waals surface area contributed by atoms with Crippen LogP contribution < -0.4 is 5.32 Å². The van der Waals surface area contributed by atoms with Gasteiger partial charge in [-0.15, -0.1) is 11.8 Å². The van der Waals surface area contributed by atoms with Crippen LogP contribution in [0.4, 0.5) is 10.1 Å². The van der Waals surface area contributed by atoms with Crippen LogP contribution in [0.3, 0.4) is 0 Å². The van der Waals surface area contributed by atoms with E-state index < -0.39 is 5.82 Å². The highest BCUT2D eigenvalue weighted by Crippen LogP contribution is 2.22. The highest BCUT2D eigenvalue weighted by molar-refractivity contribution is 7.99. The van der Waals surface area contributed by atoms with Gasteiger partial charge in [0.2, 0.25) is 5.91 Å². The molecule has 0 bridgehead atoms. The molecule has 0 aliphatic carbocycles. The van der Waals surface area contributed by atoms with Gasteiger partial charge >= 0.3 is 0 Å². The lowest BCUT2D eigenvalue weighted by atomic mass is 10.3. The van der Waals surface area contributed by atoms with Crippen molar-refractivity contribution >= 4 is 35.0 Å². The second-order valence-electron chi connectivity index (χ2n) is 3.74. The Labute approximate surface area is 119 Å². The van der Waals surface area contributed by atoms with Gasteiger partial charge in [-0.3, -0.25) is 4.79 Å². The molecular weight excluding hydrogens is 289 g/mol. The molecule has 2 rings (SSSR count). The van der Waals surface area contributed by atoms with Gasteiger partial charge in [-0.05, 0) is 30.3 Å². The molecule has 0 unspecified atom stereocenters. The Morgan fingerprint density at radius 3 is 2.95 bits per heavy atom. The molecule has 0 atom stereocenters. The van der Waals surface area contributed by atoms with E-state index in [1.54, 1.807) is 12.3 Å². The summed E-state index contributed by atoms with van der Waals surface area (Å²) in [7, 11) is 0. The molecule has 0 fully saturated rings. The average Bonchev–Trinajstić information content (AvgIpc) is 2.86. The molecule has 0 saturated heterocycles. The first-order valence-electron chi connectivity index (χ1n) is 5.50. The molecule has 0 saturated carbocycles. The smallest absolute Gasteiger partial charge is 0.234 e. The van der Waals surface area contributed by atoms with Crippen molar-refractivity contribution in [3.63, 3.8) is 0 Å². The van der Waals surface area contributed by atoms with Crippen molar-refractivity contribution in [3.05, 3.63) is 53.2 Å². The fourth-order valence-electron chi connectivity index (χ4n) is 1.42. The SMILES string of the molecule is O=C(CSCc1ccco1)Nc1ccc(F)cc1Cl. The van der Waals surface area contributed by atoms with Gasteiger partial charge in [-0.1, -0.05) is 11.6 Å². The Bertz CT molecular complexity index is 560. The summed E-state index contributed by atoms with van der Waals surface area (Å²) < 4.78 is 18.0. The number of hydrogen-bond donors (Lipinski definition) is 1. The van der Waals surface area contributed by atoms with Crippen molar-refractivity contribution in [3.8, 4) is 0 Å². The van der Waals surface area contributed by atoms with Gasteiger partial charge in [0, 0.05) is 0 Å². The molecule has 3 nitrogen and oxygen atoms in total. The van der Waals surface area contributed by atoms with E-state index in [0.717, 1.165) is 11.8 Å². The lowest BCUT2D eigenvalue weighted by Gasteiger charge is -2.06. The summed E-state index contributed by atoms with van der Waals surface area (Å²) >= 11 is 7.24. The number of furan rings is 1. The Kier molecular flexibility index (Phi) is 4.87. The summed E-state index contributed by atoms with van der Waals surface area (Å²) in [4.78, 5) is 11.7. The molecule has 0 aliphatic heterocycles. The van der Waals surface area contributed by atoms with Gasteiger partial charge in [0.15, 0.2) is 0 Å². The molecule has 19 heavy (non-hydrogen) atoms. The predicted octanol–water partition coefficient (Wildman–Crippen LogP) is 3.94. The second kappa shape index (κ2) is 6.63. The third kappa shape index (κ3) is 4.29. The van der Waals surface area contributed by atoms with E-state index in [4.69, 9.17) is 16.0 Å². The van der Waals surface area contributed by atoms with Crippen LogP contribution in [-0.2, 0) is 10.5 Å². The monoisotopic (exact) mass is 299 g/mol. The molecular formula is C13H11ClFNO2S. The Hall–Kier alpha value is -1.46. The molecule has 6 heteroatoms. The fourth-order valence-corrected chi connectivity index (χ4v) is 2.36. The van der Waals surface area contributed by atoms with Gasteiger partial charge in [-0.2, -0.15) is 0 Å². The van der Waals surface area contributed by atoms with Crippen molar-refractivity contribution in [2.45, 2.75) is 5.75 Å². The molecule has 1 N–H and O–H groups in total. The maximum Gasteiger partial charge on any atom is 0.234 e. The van der Waals surface area contributed by atoms with Crippen molar-refractivity contribution < 1.29 is 13.6 Å². The Morgan fingerprint density at radius 1 is 1.42 bits per heavy atom. The van der Waals surface area contributed by atoms with Crippen molar-refractivity contribution in [2.75, 3.05) is 11.1 Å². The van der Waals surface area contributed by atoms with Gasteiger partial charge in [0.05, 0.1) is 28.5 Å². The summed E-state index contributed by atoms with van der Waals surface area (Å²) in [6, 6.07) is 7.49. The molecule has 1 heterocycles. The van der Waals surface area contributed by atoms with E-state index in [2.05, 4.69) is 5.32 Å². The standard InChI is InChI=1S/C13H11ClFNO2S/c14-11-6-9(15)3-4-12(11)16-13(17)8-19-7-10-2-1-5-18-10/h1-6H,7-8H2,(H,16,17). The first kappa shape index (κ1) is 14.0. The number of carbonyl (C=O) groups excluding carboxylic acids is 1. The van der Waals surface area contributed by atoms with Gasteiger partial charge in [0.25, 0.3) is 0 Å². The van der Waals surface area contributed by atoms with Crippen LogP contribution in [0.5, 0.6) is 0 Å². The highest BCUT2D eigenvalue weighted by atomic mass is 35.5. The minimum atomic E-state index is -0.435. The van der Waals surface area contributed by atoms with Crippen LogP contribution in [-0.4, -0.2) is 11.7 Å². The van der Waals surface area contributed by atoms with Crippen LogP contribution in [0, 0.1) is 5.82 Å². The predicted molar refractivity (Wildman–Crippen MR) is 74.9 cm³/mol. The zero-order chi connectivity index (χ0) is 13.7. The van der Waals surface area contributed by atoms with Crippen LogP contribution in [0.15, 0.2) is 41.0 Å². The minimum absolute atomic E-state index is 0.185. The van der Waals surface area contributed by atoms with E-state index in [1.165, 1.54) is 23.9 Å². The number of hydrogen-bond acceptors (Lipinski definition) is 3.